The fourth-order valence-corrected chi connectivity index (χ4v) is 3.24. The van der Waals surface area contributed by atoms with Crippen LogP contribution in [0.1, 0.15) is 45.6 Å². The Morgan fingerprint density at radius 2 is 1.89 bits per heavy atom. The number of aliphatic carboxylic acids is 1. The van der Waals surface area contributed by atoms with Crippen LogP contribution in [0, 0.1) is 5.41 Å². The molecule has 0 radical (unpaired) electrons. The standard InChI is InChI=1S/C21H30N2O5/c1-21(2,3)13-18(24)23-12-4-5-17(23)20(27)22-11-10-15-6-8-16(9-7-15)28-14-19(25)26/h6-9,17H,4-5,10-14H2,1-3H3,(H,22,27)(H,25,26). The van der Waals surface area contributed by atoms with Gasteiger partial charge in [0, 0.05) is 19.5 Å². The number of likely N-dealkylation sites (tertiary alicyclic amines) is 1. The summed E-state index contributed by atoms with van der Waals surface area (Å²) < 4.78 is 5.09. The van der Waals surface area contributed by atoms with E-state index in [9.17, 15) is 14.4 Å². The number of amides is 2. The first-order valence-corrected chi connectivity index (χ1v) is 9.66. The average Bonchev–Trinajstić information content (AvgIpc) is 3.09. The van der Waals surface area contributed by atoms with Crippen molar-refractivity contribution in [2.24, 2.45) is 5.41 Å². The van der Waals surface area contributed by atoms with E-state index in [4.69, 9.17) is 9.84 Å². The van der Waals surface area contributed by atoms with Crippen molar-refractivity contribution in [2.45, 2.75) is 52.5 Å². The number of ether oxygens (including phenoxy) is 1. The van der Waals surface area contributed by atoms with E-state index in [1.807, 2.05) is 32.9 Å². The number of nitrogens with one attached hydrogen (secondary N) is 1. The van der Waals surface area contributed by atoms with Crippen LogP contribution >= 0.6 is 0 Å². The molecule has 1 fully saturated rings. The molecule has 0 bridgehead atoms. The highest BCUT2D eigenvalue weighted by Crippen LogP contribution is 2.24. The second-order valence-corrected chi connectivity index (χ2v) is 8.35. The molecule has 2 amide bonds. The molecule has 7 heteroatoms. The number of hydrogen-bond donors (Lipinski definition) is 2. The maximum absolute atomic E-state index is 12.5. The number of nitrogens with zero attached hydrogens (tertiary/aromatic N) is 1. The molecule has 0 saturated carbocycles. The molecule has 1 aliphatic rings. The minimum Gasteiger partial charge on any atom is -0.482 e. The zero-order chi connectivity index (χ0) is 20.7. The van der Waals surface area contributed by atoms with Crippen LogP contribution in [-0.4, -0.2) is 53.5 Å². The van der Waals surface area contributed by atoms with E-state index in [0.29, 0.717) is 38.1 Å². The average molecular weight is 390 g/mol. The second kappa shape index (κ2) is 9.57. The Labute approximate surface area is 166 Å². The Morgan fingerprint density at radius 3 is 2.50 bits per heavy atom. The van der Waals surface area contributed by atoms with Gasteiger partial charge in [-0.2, -0.15) is 0 Å². The van der Waals surface area contributed by atoms with Crippen LogP contribution < -0.4 is 10.1 Å². The van der Waals surface area contributed by atoms with Crippen LogP contribution in [0.5, 0.6) is 5.75 Å². The second-order valence-electron chi connectivity index (χ2n) is 8.35. The highest BCUT2D eigenvalue weighted by atomic mass is 16.5. The summed E-state index contributed by atoms with van der Waals surface area (Å²) in [6, 6.07) is 6.74. The van der Waals surface area contributed by atoms with E-state index >= 15 is 0 Å². The van der Waals surface area contributed by atoms with Crippen molar-refractivity contribution in [1.29, 1.82) is 0 Å². The predicted molar refractivity (Wildman–Crippen MR) is 105 cm³/mol. The third-order valence-electron chi connectivity index (χ3n) is 4.56. The Balaban J connectivity index is 1.80. The largest absolute Gasteiger partial charge is 0.482 e. The van der Waals surface area contributed by atoms with E-state index in [2.05, 4.69) is 5.32 Å². The lowest BCUT2D eigenvalue weighted by Crippen LogP contribution is -2.47. The molecule has 1 heterocycles. The minimum absolute atomic E-state index is 0.0436. The summed E-state index contributed by atoms with van der Waals surface area (Å²) in [5.41, 5.74) is 0.913. The van der Waals surface area contributed by atoms with Crippen molar-refractivity contribution < 1.29 is 24.2 Å². The molecule has 1 saturated heterocycles. The molecule has 0 aromatic heterocycles. The summed E-state index contributed by atoms with van der Waals surface area (Å²) in [6.07, 6.45) is 2.64. The number of carbonyl (C=O) groups is 3. The van der Waals surface area contributed by atoms with Gasteiger partial charge in [-0.05, 0) is 42.4 Å². The molecule has 1 aliphatic heterocycles. The van der Waals surface area contributed by atoms with Gasteiger partial charge >= 0.3 is 5.97 Å². The zero-order valence-electron chi connectivity index (χ0n) is 16.9. The highest BCUT2D eigenvalue weighted by Gasteiger charge is 2.35. The summed E-state index contributed by atoms with van der Waals surface area (Å²) >= 11 is 0. The molecule has 1 atom stereocenters. The minimum atomic E-state index is -1.02. The molecule has 1 unspecified atom stereocenters. The molecule has 154 valence electrons. The van der Waals surface area contributed by atoms with Gasteiger partial charge in [0.05, 0.1) is 0 Å². The Morgan fingerprint density at radius 1 is 1.21 bits per heavy atom. The van der Waals surface area contributed by atoms with Gasteiger partial charge in [-0.15, -0.1) is 0 Å². The fraction of sp³-hybridized carbons (Fsp3) is 0.571. The molecule has 2 rings (SSSR count). The number of carboxylic acid groups (broad SMARTS) is 1. The van der Waals surface area contributed by atoms with Crippen LogP contribution in [0.3, 0.4) is 0 Å². The lowest BCUT2D eigenvalue weighted by molar-refractivity contribution is -0.139. The van der Waals surface area contributed by atoms with Crippen LogP contribution in [0.15, 0.2) is 24.3 Å². The van der Waals surface area contributed by atoms with Gasteiger partial charge in [-0.3, -0.25) is 9.59 Å². The van der Waals surface area contributed by atoms with E-state index in [1.54, 1.807) is 17.0 Å². The molecule has 1 aromatic rings. The summed E-state index contributed by atoms with van der Waals surface area (Å²) in [5.74, 6) is -0.578. The van der Waals surface area contributed by atoms with Gasteiger partial charge < -0.3 is 20.1 Å². The monoisotopic (exact) mass is 390 g/mol. The molecule has 28 heavy (non-hydrogen) atoms. The maximum Gasteiger partial charge on any atom is 0.341 e. The SMILES string of the molecule is CC(C)(C)CC(=O)N1CCCC1C(=O)NCCc1ccc(OCC(=O)O)cc1. The van der Waals surface area contributed by atoms with E-state index in [-0.39, 0.29) is 29.9 Å². The lowest BCUT2D eigenvalue weighted by Gasteiger charge is -2.27. The van der Waals surface area contributed by atoms with E-state index in [0.717, 1.165) is 12.0 Å². The zero-order valence-corrected chi connectivity index (χ0v) is 16.9. The third-order valence-corrected chi connectivity index (χ3v) is 4.56. The van der Waals surface area contributed by atoms with Crippen LogP contribution in [0.4, 0.5) is 0 Å². The van der Waals surface area contributed by atoms with Crippen molar-refractivity contribution in [3.05, 3.63) is 29.8 Å². The van der Waals surface area contributed by atoms with Crippen molar-refractivity contribution in [3.8, 4) is 5.75 Å². The highest BCUT2D eigenvalue weighted by molar-refractivity contribution is 5.88. The first-order chi connectivity index (χ1) is 13.2. The Hall–Kier alpha value is -2.57. The number of carbonyl (C=O) groups excluding carboxylic acids is 2. The van der Waals surface area contributed by atoms with Crippen LogP contribution in [0.25, 0.3) is 0 Å². The smallest absolute Gasteiger partial charge is 0.341 e. The first-order valence-electron chi connectivity index (χ1n) is 9.66. The summed E-state index contributed by atoms with van der Waals surface area (Å²) in [7, 11) is 0. The summed E-state index contributed by atoms with van der Waals surface area (Å²) in [6.45, 7) is 6.81. The van der Waals surface area contributed by atoms with Crippen LogP contribution in [-0.2, 0) is 20.8 Å². The fourth-order valence-electron chi connectivity index (χ4n) is 3.24. The molecule has 7 nitrogen and oxygen atoms in total. The molecule has 1 aromatic carbocycles. The molecular weight excluding hydrogens is 360 g/mol. The van der Waals surface area contributed by atoms with E-state index in [1.165, 1.54) is 0 Å². The van der Waals surface area contributed by atoms with Gasteiger partial charge in [0.1, 0.15) is 11.8 Å². The quantitative estimate of drug-likeness (QED) is 0.710. The van der Waals surface area contributed by atoms with Gasteiger partial charge in [-0.25, -0.2) is 4.79 Å². The van der Waals surface area contributed by atoms with Gasteiger partial charge in [0.2, 0.25) is 11.8 Å². The first kappa shape index (κ1) is 21.7. The summed E-state index contributed by atoms with van der Waals surface area (Å²) in [4.78, 5) is 37.2. The van der Waals surface area contributed by atoms with Crippen LogP contribution in [0.2, 0.25) is 0 Å². The third kappa shape index (κ3) is 6.87. The Kier molecular flexibility index (Phi) is 7.43. The maximum atomic E-state index is 12.5. The van der Waals surface area contributed by atoms with E-state index < -0.39 is 5.97 Å². The van der Waals surface area contributed by atoms with Crippen molar-refractivity contribution in [2.75, 3.05) is 19.7 Å². The molecular formula is C21H30N2O5. The molecule has 2 N–H and O–H groups in total. The lowest BCUT2D eigenvalue weighted by atomic mass is 9.91. The predicted octanol–water partition coefficient (Wildman–Crippen LogP) is 2.24. The van der Waals surface area contributed by atoms with Gasteiger partial charge in [0.25, 0.3) is 0 Å². The van der Waals surface area contributed by atoms with Gasteiger partial charge in [-0.1, -0.05) is 32.9 Å². The number of carboxylic acids is 1. The number of rotatable bonds is 8. The number of benzene rings is 1. The number of hydrogen-bond acceptors (Lipinski definition) is 4. The molecule has 0 spiro atoms. The summed E-state index contributed by atoms with van der Waals surface area (Å²) in [5, 5.41) is 11.5. The molecule has 0 aliphatic carbocycles. The van der Waals surface area contributed by atoms with Crippen molar-refractivity contribution in [3.63, 3.8) is 0 Å². The normalized spacial score (nSPS) is 16.7. The topological polar surface area (TPSA) is 95.9 Å². The Bertz CT molecular complexity index is 694. The van der Waals surface area contributed by atoms with Gasteiger partial charge in [0.15, 0.2) is 6.61 Å². The van der Waals surface area contributed by atoms with Crippen molar-refractivity contribution >= 4 is 17.8 Å². The van der Waals surface area contributed by atoms with Crippen molar-refractivity contribution in [1.82, 2.24) is 10.2 Å².